The minimum atomic E-state index is 0.557. The second-order valence-corrected chi connectivity index (χ2v) is 1.13. The molecule has 0 spiro atoms. The number of hydrogen-bond acceptors (Lipinski definition) is 0. The molecule has 0 rings (SSSR count). The zero-order valence-electron chi connectivity index (χ0n) is 3.05. The van der Waals surface area contributed by atoms with Crippen molar-refractivity contribution in [2.75, 3.05) is 11.8 Å². The first kappa shape index (κ1) is 10.7. The average molecular weight is 313 g/mol. The van der Waals surface area contributed by atoms with Crippen molar-refractivity contribution < 1.29 is 23.2 Å². The van der Waals surface area contributed by atoms with Gasteiger partial charge in [-0.25, -0.2) is 0 Å². The minimum absolute atomic E-state index is 0.557. The summed E-state index contributed by atoms with van der Waals surface area (Å²) in [5.41, 5.74) is 0. The van der Waals surface area contributed by atoms with Crippen molar-refractivity contribution in [3.8, 4) is 0 Å². The van der Waals surface area contributed by atoms with Gasteiger partial charge < -0.3 is 0 Å². The van der Waals surface area contributed by atoms with E-state index in [1.54, 1.807) is 0 Å². The molecule has 0 aliphatic carbocycles. The third kappa shape index (κ3) is 17.2. The second kappa shape index (κ2) is 15.9. The van der Waals surface area contributed by atoms with E-state index in [0.717, 1.165) is 23.2 Å². The van der Waals surface area contributed by atoms with E-state index in [4.69, 9.17) is 31.8 Å². The Morgan fingerprint density at radius 1 is 1.00 bits per heavy atom. The van der Waals surface area contributed by atoms with Crippen LogP contribution in [0.5, 0.6) is 0 Å². The van der Waals surface area contributed by atoms with Crippen molar-refractivity contribution >= 4 is 31.8 Å². The molecule has 0 aliphatic heterocycles. The Balaban J connectivity index is 0. The predicted molar refractivity (Wildman–Crippen MR) is 27.3 cm³/mol. The van der Waals surface area contributed by atoms with Crippen molar-refractivity contribution in [1.29, 1.82) is 0 Å². The van der Waals surface area contributed by atoms with Crippen molar-refractivity contribution in [3.05, 3.63) is 0 Å². The fourth-order valence-electron chi connectivity index (χ4n) is 0. The van der Waals surface area contributed by atoms with Crippen molar-refractivity contribution in [1.82, 2.24) is 0 Å². The van der Waals surface area contributed by atoms with E-state index in [0.29, 0.717) is 11.8 Å². The van der Waals surface area contributed by atoms with Crippen LogP contribution in [0.4, 0.5) is 0 Å². The fourth-order valence-corrected chi connectivity index (χ4v) is 0. The summed E-state index contributed by atoms with van der Waals surface area (Å²) in [4.78, 5) is 0. The van der Waals surface area contributed by atoms with Gasteiger partial charge in [0.05, 0.1) is 0 Å². The van der Waals surface area contributed by atoms with Gasteiger partial charge in [-0.05, 0) is 0 Å². The Morgan fingerprint density at radius 2 is 1.17 bits per heavy atom. The zero-order valence-corrected chi connectivity index (χ0v) is 8.91. The van der Waals surface area contributed by atoms with Gasteiger partial charge in [-0.15, -0.1) is 23.2 Å². The van der Waals surface area contributed by atoms with Crippen LogP contribution >= 0.6 is 31.8 Å². The van der Waals surface area contributed by atoms with E-state index in [9.17, 15) is 0 Å². The summed E-state index contributed by atoms with van der Waals surface area (Å²) in [6, 6.07) is 0. The maximum absolute atomic E-state index is 5.05. The molecule has 0 saturated carbocycles. The molecule has 37 valence electrons. The topological polar surface area (TPSA) is 0 Å². The number of halogens is 3. The van der Waals surface area contributed by atoms with E-state index < -0.39 is 0 Å². The zero-order chi connectivity index (χ0) is 5.41. The molecule has 0 nitrogen and oxygen atoms in total. The van der Waals surface area contributed by atoms with E-state index in [-0.39, 0.29) is 0 Å². The molecule has 0 aromatic heterocycles. The maximum atomic E-state index is 5.05. The summed E-state index contributed by atoms with van der Waals surface area (Å²) >= 11 is 10.9. The Morgan fingerprint density at radius 3 is 1.17 bits per heavy atom. The molecule has 0 atom stereocenters. The molecule has 0 amide bonds. The third-order valence-electron chi connectivity index (χ3n) is 0.0714. The van der Waals surface area contributed by atoms with Gasteiger partial charge in [0, 0.05) is 11.8 Å². The molecule has 0 bridgehead atoms. The molecule has 0 N–H and O–H groups in total. The van der Waals surface area contributed by atoms with Gasteiger partial charge >= 0.3 is 31.8 Å². The third-order valence-corrected chi connectivity index (χ3v) is 0.643. The van der Waals surface area contributed by atoms with Crippen LogP contribution in [0.15, 0.2) is 0 Å². The Labute approximate surface area is 66.3 Å². The first-order chi connectivity index (χ1) is 2.91. The van der Waals surface area contributed by atoms with E-state index in [1.807, 2.05) is 0 Å². The number of rotatable bonds is 1. The van der Waals surface area contributed by atoms with Gasteiger partial charge in [0.25, 0.3) is 0 Å². The summed E-state index contributed by atoms with van der Waals surface area (Å²) in [6.07, 6.45) is 0. The second-order valence-electron chi connectivity index (χ2n) is 0.378. The quantitative estimate of drug-likeness (QED) is 0.514. The van der Waals surface area contributed by atoms with Gasteiger partial charge in [-0.1, -0.05) is 0 Å². The van der Waals surface area contributed by atoms with Gasteiger partial charge in [-0.3, -0.25) is 0 Å². The van der Waals surface area contributed by atoms with Gasteiger partial charge in [0.15, 0.2) is 0 Å². The van der Waals surface area contributed by atoms with Crippen LogP contribution in [0, 0.1) is 0 Å². The Hall–Kier alpha value is 1.74. The van der Waals surface area contributed by atoms with E-state index in [1.165, 1.54) is 0 Å². The molecule has 0 aromatic rings. The summed E-state index contributed by atoms with van der Waals surface area (Å²) in [5.74, 6) is 1.11. The first-order valence-corrected chi connectivity index (χ1v) is 6.74. The van der Waals surface area contributed by atoms with Crippen molar-refractivity contribution in [3.63, 3.8) is 0 Å². The first-order valence-electron chi connectivity index (χ1n) is 1.22. The molecular formula is C2H4Cl3Hf. The SMILES string of the molecule is ClCCCl.[Cl][Hf]. The van der Waals surface area contributed by atoms with Crippen LogP contribution in [-0.2, 0) is 23.2 Å². The Kier molecular flexibility index (Phi) is 28.2. The molecule has 0 heterocycles. The monoisotopic (exact) mass is 313 g/mol. The molecule has 6 heavy (non-hydrogen) atoms. The molecule has 0 unspecified atom stereocenters. The van der Waals surface area contributed by atoms with Crippen LogP contribution in [0.3, 0.4) is 0 Å². The molecule has 0 saturated heterocycles. The Bertz CT molecular complexity index is 10.8. The van der Waals surface area contributed by atoms with Crippen LogP contribution in [-0.4, -0.2) is 11.8 Å². The summed E-state index contributed by atoms with van der Waals surface area (Å²) in [5, 5.41) is 0. The van der Waals surface area contributed by atoms with Crippen LogP contribution in [0.25, 0.3) is 0 Å². The average Bonchev–Trinajstić information content (AvgIpc) is 1.72. The number of alkyl halides is 2. The predicted octanol–water partition coefficient (Wildman–Crippen LogP) is 2.15. The molecule has 0 aromatic carbocycles. The molecule has 0 radical (unpaired) electrons. The van der Waals surface area contributed by atoms with Gasteiger partial charge in [-0.2, -0.15) is 0 Å². The van der Waals surface area contributed by atoms with E-state index >= 15 is 0 Å². The van der Waals surface area contributed by atoms with Gasteiger partial charge in [0.2, 0.25) is 0 Å². The van der Waals surface area contributed by atoms with Crippen molar-refractivity contribution in [2.24, 2.45) is 0 Å². The fraction of sp³-hybridized carbons (Fsp3) is 1.00. The number of hydrogen-bond donors (Lipinski definition) is 0. The van der Waals surface area contributed by atoms with Crippen LogP contribution in [0.1, 0.15) is 0 Å². The van der Waals surface area contributed by atoms with Crippen molar-refractivity contribution in [2.45, 2.75) is 0 Å². The van der Waals surface area contributed by atoms with Gasteiger partial charge in [0.1, 0.15) is 0 Å². The molecule has 0 fully saturated rings. The standard InChI is InChI=1S/C2H4Cl2.ClH.Hf/c3-1-2-4;;/h1-2H2;1H;/q;;+1/p-1. The van der Waals surface area contributed by atoms with Crippen LogP contribution < -0.4 is 0 Å². The summed E-state index contributed by atoms with van der Waals surface area (Å²) in [7, 11) is 4.78. The molecular weight excluding hydrogens is 309 g/mol. The normalized spacial score (nSPS) is 5.67. The van der Waals surface area contributed by atoms with Crippen LogP contribution in [0.2, 0.25) is 0 Å². The summed E-state index contributed by atoms with van der Waals surface area (Å²) < 4.78 is 0. The van der Waals surface area contributed by atoms with E-state index in [2.05, 4.69) is 0 Å². The summed E-state index contributed by atoms with van der Waals surface area (Å²) in [6.45, 7) is 0. The molecule has 0 aliphatic rings. The molecule has 4 heteroatoms.